The zero-order chi connectivity index (χ0) is 14.3. The molecule has 0 atom stereocenters. The van der Waals surface area contributed by atoms with Crippen molar-refractivity contribution in [3.8, 4) is 0 Å². The zero-order valence-corrected chi connectivity index (χ0v) is 11.8. The standard InChI is InChI=1S/C15H9Cl2NO2/c16-10-3-1-2-9(6-10)8-18-13-5-4-11(17)7-12(13)14(19)15(18)20/h1-7H,8H2. The summed E-state index contributed by atoms with van der Waals surface area (Å²) >= 11 is 11.8. The first-order valence-corrected chi connectivity index (χ1v) is 6.72. The van der Waals surface area contributed by atoms with E-state index in [1.165, 1.54) is 11.0 Å². The molecule has 0 aromatic heterocycles. The summed E-state index contributed by atoms with van der Waals surface area (Å²) in [5, 5.41) is 1.03. The number of carbonyl (C=O) groups is 2. The summed E-state index contributed by atoms with van der Waals surface area (Å²) in [4.78, 5) is 25.4. The zero-order valence-electron chi connectivity index (χ0n) is 10.3. The SMILES string of the molecule is O=C1C(=O)N(Cc2cccc(Cl)c2)c2ccc(Cl)cc21. The van der Waals surface area contributed by atoms with Crippen molar-refractivity contribution < 1.29 is 9.59 Å². The number of hydrogen-bond donors (Lipinski definition) is 0. The number of halogens is 2. The molecule has 3 rings (SSSR count). The average Bonchev–Trinajstić information content (AvgIpc) is 2.64. The maximum atomic E-state index is 12.1. The van der Waals surface area contributed by atoms with Gasteiger partial charge >= 0.3 is 0 Å². The number of Topliss-reactive ketones (excluding diaryl/α,β-unsaturated/α-hetero) is 1. The van der Waals surface area contributed by atoms with E-state index < -0.39 is 11.7 Å². The van der Waals surface area contributed by atoms with E-state index in [9.17, 15) is 9.59 Å². The number of amides is 1. The number of benzene rings is 2. The van der Waals surface area contributed by atoms with Crippen molar-refractivity contribution >= 4 is 40.6 Å². The van der Waals surface area contributed by atoms with Crippen LogP contribution >= 0.6 is 23.2 Å². The Morgan fingerprint density at radius 3 is 2.45 bits per heavy atom. The van der Waals surface area contributed by atoms with E-state index >= 15 is 0 Å². The molecule has 1 aliphatic heterocycles. The predicted octanol–water partition coefficient (Wildman–Crippen LogP) is 3.72. The molecular formula is C15H9Cl2NO2. The normalized spacial score (nSPS) is 13.8. The van der Waals surface area contributed by atoms with Crippen molar-refractivity contribution in [1.29, 1.82) is 0 Å². The lowest BCUT2D eigenvalue weighted by Gasteiger charge is -2.16. The summed E-state index contributed by atoms with van der Waals surface area (Å²) in [7, 11) is 0. The second kappa shape index (κ2) is 4.93. The van der Waals surface area contributed by atoms with Gasteiger partial charge in [0, 0.05) is 10.0 Å². The number of anilines is 1. The van der Waals surface area contributed by atoms with Crippen molar-refractivity contribution in [2.24, 2.45) is 0 Å². The molecule has 5 heteroatoms. The third-order valence-electron chi connectivity index (χ3n) is 3.16. The van der Waals surface area contributed by atoms with Crippen molar-refractivity contribution in [2.45, 2.75) is 6.54 Å². The lowest BCUT2D eigenvalue weighted by Crippen LogP contribution is -2.29. The Hall–Kier alpha value is -1.84. The first-order chi connectivity index (χ1) is 9.56. The first-order valence-electron chi connectivity index (χ1n) is 5.96. The number of carbonyl (C=O) groups excluding carboxylic acids is 2. The van der Waals surface area contributed by atoms with Crippen molar-refractivity contribution in [3.05, 3.63) is 63.6 Å². The van der Waals surface area contributed by atoms with Crippen LogP contribution in [0.2, 0.25) is 10.0 Å². The molecule has 2 aromatic rings. The lowest BCUT2D eigenvalue weighted by atomic mass is 10.1. The van der Waals surface area contributed by atoms with E-state index in [0.717, 1.165) is 5.56 Å². The number of hydrogen-bond acceptors (Lipinski definition) is 2. The topological polar surface area (TPSA) is 37.4 Å². The maximum Gasteiger partial charge on any atom is 0.299 e. The number of nitrogens with zero attached hydrogens (tertiary/aromatic N) is 1. The molecule has 2 aromatic carbocycles. The van der Waals surface area contributed by atoms with Crippen LogP contribution in [0.25, 0.3) is 0 Å². The monoisotopic (exact) mass is 305 g/mol. The highest BCUT2D eigenvalue weighted by Gasteiger charge is 2.35. The fourth-order valence-corrected chi connectivity index (χ4v) is 2.63. The van der Waals surface area contributed by atoms with Gasteiger partial charge in [0.1, 0.15) is 0 Å². The van der Waals surface area contributed by atoms with Crippen LogP contribution in [0.15, 0.2) is 42.5 Å². The van der Waals surface area contributed by atoms with E-state index in [4.69, 9.17) is 23.2 Å². The Labute approximate surface area is 125 Å². The molecular weight excluding hydrogens is 297 g/mol. The van der Waals surface area contributed by atoms with Crippen LogP contribution in [-0.2, 0) is 11.3 Å². The van der Waals surface area contributed by atoms with Gasteiger partial charge in [-0.05, 0) is 35.9 Å². The fourth-order valence-electron chi connectivity index (χ4n) is 2.25. The molecule has 1 heterocycles. The Morgan fingerprint density at radius 1 is 0.950 bits per heavy atom. The molecule has 0 spiro atoms. The van der Waals surface area contributed by atoms with Crippen molar-refractivity contribution in [2.75, 3.05) is 4.90 Å². The summed E-state index contributed by atoms with van der Waals surface area (Å²) in [5.41, 5.74) is 1.80. The summed E-state index contributed by atoms with van der Waals surface area (Å²) in [6.45, 7) is 0.305. The highest BCUT2D eigenvalue weighted by Crippen LogP contribution is 2.32. The van der Waals surface area contributed by atoms with Gasteiger partial charge in [-0.15, -0.1) is 0 Å². The predicted molar refractivity (Wildman–Crippen MR) is 78.4 cm³/mol. The molecule has 1 amide bonds. The van der Waals surface area contributed by atoms with Gasteiger partial charge in [-0.3, -0.25) is 9.59 Å². The Morgan fingerprint density at radius 2 is 1.70 bits per heavy atom. The van der Waals surface area contributed by atoms with Crippen LogP contribution in [0, 0.1) is 0 Å². The van der Waals surface area contributed by atoms with E-state index in [2.05, 4.69) is 0 Å². The molecule has 0 fully saturated rings. The minimum Gasteiger partial charge on any atom is -0.300 e. The second-order valence-corrected chi connectivity index (χ2v) is 5.38. The lowest BCUT2D eigenvalue weighted by molar-refractivity contribution is -0.114. The third kappa shape index (κ3) is 2.19. The molecule has 100 valence electrons. The second-order valence-electron chi connectivity index (χ2n) is 4.51. The molecule has 0 saturated carbocycles. The summed E-state index contributed by atoms with van der Waals surface area (Å²) < 4.78 is 0. The molecule has 0 N–H and O–H groups in total. The Balaban J connectivity index is 1.99. The van der Waals surface area contributed by atoms with Crippen LogP contribution in [0.4, 0.5) is 5.69 Å². The number of fused-ring (bicyclic) bond motifs is 1. The molecule has 0 bridgehead atoms. The highest BCUT2D eigenvalue weighted by atomic mass is 35.5. The minimum atomic E-state index is -0.540. The Bertz CT molecular complexity index is 728. The van der Waals surface area contributed by atoms with Crippen LogP contribution in [0.5, 0.6) is 0 Å². The van der Waals surface area contributed by atoms with Crippen LogP contribution in [-0.4, -0.2) is 11.7 Å². The summed E-state index contributed by atoms with van der Waals surface area (Å²) in [5.74, 6) is -1.06. The molecule has 0 aliphatic carbocycles. The smallest absolute Gasteiger partial charge is 0.299 e. The molecule has 1 aliphatic rings. The quantitative estimate of drug-likeness (QED) is 0.793. The van der Waals surface area contributed by atoms with Crippen molar-refractivity contribution in [1.82, 2.24) is 0 Å². The van der Waals surface area contributed by atoms with Gasteiger partial charge in [0.05, 0.1) is 17.8 Å². The number of ketones is 1. The minimum absolute atomic E-state index is 0.305. The number of rotatable bonds is 2. The van der Waals surface area contributed by atoms with E-state index in [1.54, 1.807) is 24.3 Å². The third-order valence-corrected chi connectivity index (χ3v) is 3.63. The summed E-state index contributed by atoms with van der Waals surface area (Å²) in [6, 6.07) is 12.1. The van der Waals surface area contributed by atoms with Crippen LogP contribution in [0.1, 0.15) is 15.9 Å². The molecule has 0 saturated heterocycles. The van der Waals surface area contributed by atoms with Gasteiger partial charge < -0.3 is 4.90 Å². The van der Waals surface area contributed by atoms with Gasteiger partial charge in [0.25, 0.3) is 11.7 Å². The molecule has 0 radical (unpaired) electrons. The highest BCUT2D eigenvalue weighted by molar-refractivity contribution is 6.52. The maximum absolute atomic E-state index is 12.1. The first kappa shape index (κ1) is 13.2. The fraction of sp³-hybridized carbons (Fsp3) is 0.0667. The van der Waals surface area contributed by atoms with Gasteiger partial charge in [-0.1, -0.05) is 35.3 Å². The molecule has 20 heavy (non-hydrogen) atoms. The van der Waals surface area contributed by atoms with E-state index in [1.807, 2.05) is 12.1 Å². The van der Waals surface area contributed by atoms with Crippen LogP contribution in [0.3, 0.4) is 0 Å². The largest absolute Gasteiger partial charge is 0.300 e. The van der Waals surface area contributed by atoms with E-state index in [-0.39, 0.29) is 0 Å². The van der Waals surface area contributed by atoms with Gasteiger partial charge in [0.2, 0.25) is 0 Å². The summed E-state index contributed by atoms with van der Waals surface area (Å²) in [6.07, 6.45) is 0. The van der Waals surface area contributed by atoms with Gasteiger partial charge in [0.15, 0.2) is 0 Å². The average molecular weight is 306 g/mol. The molecule has 0 unspecified atom stereocenters. The molecule has 3 nitrogen and oxygen atoms in total. The van der Waals surface area contributed by atoms with Gasteiger partial charge in [-0.2, -0.15) is 0 Å². The van der Waals surface area contributed by atoms with Crippen molar-refractivity contribution in [3.63, 3.8) is 0 Å². The van der Waals surface area contributed by atoms with Crippen LogP contribution < -0.4 is 4.90 Å². The van der Waals surface area contributed by atoms with E-state index in [0.29, 0.717) is 27.8 Å². The van der Waals surface area contributed by atoms with Gasteiger partial charge in [-0.25, -0.2) is 0 Å². The Kier molecular flexibility index (Phi) is 3.24.